The lowest BCUT2D eigenvalue weighted by Gasteiger charge is -2.22. The molecule has 1 N–H and O–H groups in total. The fraction of sp³-hybridized carbons (Fsp3) is 0.684. The molecule has 1 fully saturated rings. The van der Waals surface area contributed by atoms with Crippen molar-refractivity contribution in [1.29, 1.82) is 0 Å². The Bertz CT molecular complexity index is 451. The zero-order valence-corrected chi connectivity index (χ0v) is 13.1. The van der Waals surface area contributed by atoms with Crippen molar-refractivity contribution in [2.24, 2.45) is 11.8 Å². The molecule has 20 heavy (non-hydrogen) atoms. The van der Waals surface area contributed by atoms with E-state index in [1.54, 1.807) is 16.7 Å². The highest BCUT2D eigenvalue weighted by Gasteiger charge is 2.32. The average Bonchev–Trinajstić information content (AvgIpc) is 3.05. The smallest absolute Gasteiger partial charge is 0.00955 e. The van der Waals surface area contributed by atoms with E-state index in [0.29, 0.717) is 0 Å². The van der Waals surface area contributed by atoms with Gasteiger partial charge in [0.1, 0.15) is 0 Å². The van der Waals surface area contributed by atoms with E-state index in [2.05, 4.69) is 37.4 Å². The first-order chi connectivity index (χ1) is 9.78. The zero-order valence-electron chi connectivity index (χ0n) is 13.1. The minimum atomic E-state index is 0.759. The van der Waals surface area contributed by atoms with Crippen molar-refractivity contribution in [2.75, 3.05) is 6.54 Å². The molecule has 0 saturated heterocycles. The Labute approximate surface area is 124 Å². The average molecular weight is 271 g/mol. The molecule has 3 unspecified atom stereocenters. The van der Waals surface area contributed by atoms with Crippen LogP contribution in [0, 0.1) is 11.8 Å². The van der Waals surface area contributed by atoms with E-state index in [1.807, 2.05) is 0 Å². The fourth-order valence-corrected chi connectivity index (χ4v) is 4.21. The third-order valence-corrected chi connectivity index (χ3v) is 5.54. The molecule has 3 atom stereocenters. The van der Waals surface area contributed by atoms with E-state index in [9.17, 15) is 0 Å². The standard InChI is InChI=1S/C19H29N/c1-3-11-20-19-10-9-17(14(19)2)12-15-7-8-16-5-4-6-18(16)13-15/h7-8,13-14,17,19-20H,3-6,9-12H2,1-2H3. The maximum absolute atomic E-state index is 3.74. The van der Waals surface area contributed by atoms with Gasteiger partial charge in [0, 0.05) is 6.04 Å². The minimum Gasteiger partial charge on any atom is -0.314 e. The summed E-state index contributed by atoms with van der Waals surface area (Å²) in [5.41, 5.74) is 4.82. The fourth-order valence-electron chi connectivity index (χ4n) is 4.21. The first-order valence-electron chi connectivity index (χ1n) is 8.62. The Balaban J connectivity index is 1.61. The largest absolute Gasteiger partial charge is 0.314 e. The van der Waals surface area contributed by atoms with E-state index in [1.165, 1.54) is 51.5 Å². The molecule has 1 heteroatoms. The van der Waals surface area contributed by atoms with Gasteiger partial charge in [-0.2, -0.15) is 0 Å². The summed E-state index contributed by atoms with van der Waals surface area (Å²) in [6, 6.07) is 8.05. The van der Waals surface area contributed by atoms with Crippen LogP contribution in [-0.2, 0) is 19.3 Å². The molecule has 1 aromatic carbocycles. The number of aryl methyl sites for hydroxylation is 2. The van der Waals surface area contributed by atoms with Crippen molar-refractivity contribution in [3.05, 3.63) is 34.9 Å². The number of nitrogens with one attached hydrogen (secondary N) is 1. The van der Waals surface area contributed by atoms with Crippen LogP contribution >= 0.6 is 0 Å². The Morgan fingerprint density at radius 1 is 1.15 bits per heavy atom. The van der Waals surface area contributed by atoms with Crippen LogP contribution in [0.3, 0.4) is 0 Å². The van der Waals surface area contributed by atoms with Gasteiger partial charge in [0.2, 0.25) is 0 Å². The summed E-state index contributed by atoms with van der Waals surface area (Å²) in [4.78, 5) is 0. The SMILES string of the molecule is CCCNC1CCC(Cc2ccc3c(c2)CCC3)C1C. The molecule has 0 bridgehead atoms. The Hall–Kier alpha value is -0.820. The molecule has 110 valence electrons. The topological polar surface area (TPSA) is 12.0 Å². The molecule has 0 amide bonds. The lowest BCUT2D eigenvalue weighted by atomic mass is 9.88. The summed E-state index contributed by atoms with van der Waals surface area (Å²) >= 11 is 0. The van der Waals surface area contributed by atoms with Crippen molar-refractivity contribution in [3.63, 3.8) is 0 Å². The highest BCUT2D eigenvalue weighted by atomic mass is 14.9. The molecule has 0 radical (unpaired) electrons. The van der Waals surface area contributed by atoms with Crippen LogP contribution in [0.1, 0.15) is 56.2 Å². The third-order valence-electron chi connectivity index (χ3n) is 5.54. The normalized spacial score (nSPS) is 28.8. The first-order valence-corrected chi connectivity index (χ1v) is 8.62. The number of hydrogen-bond donors (Lipinski definition) is 1. The highest BCUT2D eigenvalue weighted by Crippen LogP contribution is 2.35. The molecule has 0 heterocycles. The van der Waals surface area contributed by atoms with Crippen molar-refractivity contribution in [2.45, 2.75) is 64.8 Å². The second kappa shape index (κ2) is 6.30. The van der Waals surface area contributed by atoms with Gasteiger partial charge in [0.05, 0.1) is 0 Å². The summed E-state index contributed by atoms with van der Waals surface area (Å²) in [5.74, 6) is 1.71. The van der Waals surface area contributed by atoms with Crippen molar-refractivity contribution < 1.29 is 0 Å². The van der Waals surface area contributed by atoms with Crippen molar-refractivity contribution in [3.8, 4) is 0 Å². The van der Waals surface area contributed by atoms with Crippen LogP contribution < -0.4 is 5.32 Å². The molecule has 2 aliphatic rings. The van der Waals surface area contributed by atoms with Gasteiger partial charge in [-0.15, -0.1) is 0 Å². The molecule has 0 aromatic heterocycles. The van der Waals surface area contributed by atoms with Crippen LogP contribution in [0.4, 0.5) is 0 Å². The minimum absolute atomic E-state index is 0.759. The maximum atomic E-state index is 3.74. The first kappa shape index (κ1) is 14.1. The lowest BCUT2D eigenvalue weighted by molar-refractivity contribution is 0.351. The molecule has 0 spiro atoms. The Kier molecular flexibility index (Phi) is 4.45. The lowest BCUT2D eigenvalue weighted by Crippen LogP contribution is -2.33. The monoisotopic (exact) mass is 271 g/mol. The molecule has 0 aliphatic heterocycles. The number of rotatable bonds is 5. The molecule has 1 saturated carbocycles. The molecule has 3 rings (SSSR count). The van der Waals surface area contributed by atoms with Gasteiger partial charge in [-0.3, -0.25) is 0 Å². The number of fused-ring (bicyclic) bond motifs is 1. The van der Waals surface area contributed by atoms with Crippen LogP contribution in [0.5, 0.6) is 0 Å². The van der Waals surface area contributed by atoms with E-state index >= 15 is 0 Å². The quantitative estimate of drug-likeness (QED) is 0.849. The predicted molar refractivity (Wildman–Crippen MR) is 86.1 cm³/mol. The Morgan fingerprint density at radius 2 is 2.00 bits per heavy atom. The van der Waals surface area contributed by atoms with Gasteiger partial charge in [-0.05, 0) is 80.0 Å². The van der Waals surface area contributed by atoms with E-state index < -0.39 is 0 Å². The molecule has 1 nitrogen and oxygen atoms in total. The van der Waals surface area contributed by atoms with Crippen LogP contribution in [0.2, 0.25) is 0 Å². The zero-order chi connectivity index (χ0) is 13.9. The van der Waals surface area contributed by atoms with Gasteiger partial charge < -0.3 is 5.32 Å². The molecule has 1 aromatic rings. The van der Waals surface area contributed by atoms with Gasteiger partial charge in [0.15, 0.2) is 0 Å². The second-order valence-corrected chi connectivity index (χ2v) is 6.92. The second-order valence-electron chi connectivity index (χ2n) is 6.92. The van der Waals surface area contributed by atoms with E-state index in [-0.39, 0.29) is 0 Å². The van der Waals surface area contributed by atoms with Gasteiger partial charge >= 0.3 is 0 Å². The van der Waals surface area contributed by atoms with Crippen molar-refractivity contribution in [1.82, 2.24) is 5.32 Å². The summed E-state index contributed by atoms with van der Waals surface area (Å²) in [6.07, 6.45) is 9.29. The predicted octanol–water partition coefficient (Wildman–Crippen LogP) is 4.13. The summed E-state index contributed by atoms with van der Waals surface area (Å²) in [5, 5.41) is 3.74. The molecular formula is C19H29N. The summed E-state index contributed by atoms with van der Waals surface area (Å²) in [7, 11) is 0. The van der Waals surface area contributed by atoms with Gasteiger partial charge in [0.25, 0.3) is 0 Å². The Morgan fingerprint density at radius 3 is 2.85 bits per heavy atom. The highest BCUT2D eigenvalue weighted by molar-refractivity contribution is 5.35. The van der Waals surface area contributed by atoms with E-state index in [0.717, 1.165) is 17.9 Å². The van der Waals surface area contributed by atoms with Crippen molar-refractivity contribution >= 4 is 0 Å². The number of benzene rings is 1. The van der Waals surface area contributed by atoms with Gasteiger partial charge in [-0.25, -0.2) is 0 Å². The third kappa shape index (κ3) is 2.93. The summed E-state index contributed by atoms with van der Waals surface area (Å²) in [6.45, 7) is 5.90. The number of hydrogen-bond acceptors (Lipinski definition) is 1. The van der Waals surface area contributed by atoms with Crippen LogP contribution in [0.25, 0.3) is 0 Å². The summed E-state index contributed by atoms with van der Waals surface area (Å²) < 4.78 is 0. The molecule has 2 aliphatic carbocycles. The van der Waals surface area contributed by atoms with Crippen LogP contribution in [0.15, 0.2) is 18.2 Å². The molecular weight excluding hydrogens is 242 g/mol. The van der Waals surface area contributed by atoms with E-state index in [4.69, 9.17) is 0 Å². The van der Waals surface area contributed by atoms with Crippen LogP contribution in [-0.4, -0.2) is 12.6 Å². The maximum Gasteiger partial charge on any atom is 0.00955 e. The van der Waals surface area contributed by atoms with Gasteiger partial charge in [-0.1, -0.05) is 32.0 Å².